The van der Waals surface area contributed by atoms with Gasteiger partial charge in [0, 0.05) is 12.2 Å². The van der Waals surface area contributed by atoms with Crippen LogP contribution in [0.3, 0.4) is 0 Å². The van der Waals surface area contributed by atoms with Crippen LogP contribution in [0.5, 0.6) is 0 Å². The molecule has 1 unspecified atom stereocenters. The number of hydrogen-bond acceptors (Lipinski definition) is 5. The molecule has 1 aromatic rings. The monoisotopic (exact) mass is 342 g/mol. The fourth-order valence-electron chi connectivity index (χ4n) is 2.12. The van der Waals surface area contributed by atoms with Crippen molar-refractivity contribution in [3.05, 3.63) is 29.8 Å². The van der Waals surface area contributed by atoms with Crippen LogP contribution < -0.4 is 10.0 Å². The van der Waals surface area contributed by atoms with E-state index in [1.165, 1.54) is 5.56 Å². The number of anilines is 1. The van der Waals surface area contributed by atoms with Crippen LogP contribution in [0.25, 0.3) is 0 Å². The smallest absolute Gasteiger partial charge is 0.293 e. The predicted molar refractivity (Wildman–Crippen MR) is 92.0 cm³/mol. The van der Waals surface area contributed by atoms with E-state index in [1.807, 2.05) is 45.0 Å². The zero-order valence-corrected chi connectivity index (χ0v) is 14.9. The molecule has 1 fully saturated rings. The molecular formula is C16H26N2O4S. The van der Waals surface area contributed by atoms with E-state index in [1.54, 1.807) is 0 Å². The summed E-state index contributed by atoms with van der Waals surface area (Å²) in [4.78, 5) is 9.60. The topological polar surface area (TPSA) is 84.5 Å². The summed E-state index contributed by atoms with van der Waals surface area (Å²) >= 11 is 0. The summed E-state index contributed by atoms with van der Waals surface area (Å²) in [6.07, 6.45) is 2.31. The van der Waals surface area contributed by atoms with Crippen LogP contribution >= 0.6 is 0 Å². The molecule has 2 rings (SSSR count). The van der Waals surface area contributed by atoms with Crippen molar-refractivity contribution in [2.45, 2.75) is 38.7 Å². The molecule has 1 heterocycles. The Hall–Kier alpha value is -1.60. The van der Waals surface area contributed by atoms with E-state index >= 15 is 0 Å². The van der Waals surface area contributed by atoms with Crippen molar-refractivity contribution in [3.63, 3.8) is 0 Å². The first-order valence-corrected chi connectivity index (χ1v) is 9.40. The normalized spacial score (nSPS) is 17.8. The van der Waals surface area contributed by atoms with Crippen molar-refractivity contribution in [1.29, 1.82) is 0 Å². The SMILES string of the molecule is CC(C)(C)OC=O.CS(=O)(=O)Nc1ccc(C2CCNC2)cc1. The van der Waals surface area contributed by atoms with E-state index in [-0.39, 0.29) is 5.60 Å². The van der Waals surface area contributed by atoms with E-state index < -0.39 is 10.0 Å². The lowest BCUT2D eigenvalue weighted by Crippen LogP contribution is -2.17. The first kappa shape index (κ1) is 19.4. The fourth-order valence-corrected chi connectivity index (χ4v) is 2.69. The molecule has 0 radical (unpaired) electrons. The molecular weight excluding hydrogens is 316 g/mol. The van der Waals surface area contributed by atoms with Gasteiger partial charge >= 0.3 is 0 Å². The van der Waals surface area contributed by atoms with Gasteiger partial charge in [-0.05, 0) is 57.4 Å². The van der Waals surface area contributed by atoms with Crippen LogP contribution in [0.2, 0.25) is 0 Å². The number of hydrogen-bond donors (Lipinski definition) is 2. The Labute approximate surface area is 138 Å². The Kier molecular flexibility index (Phi) is 7.02. The molecule has 0 aliphatic carbocycles. The number of sulfonamides is 1. The lowest BCUT2D eigenvalue weighted by Gasteiger charge is -2.14. The summed E-state index contributed by atoms with van der Waals surface area (Å²) in [5, 5.41) is 3.31. The van der Waals surface area contributed by atoms with Crippen LogP contribution in [0.15, 0.2) is 24.3 Å². The van der Waals surface area contributed by atoms with Gasteiger partial charge in [-0.15, -0.1) is 0 Å². The van der Waals surface area contributed by atoms with Crippen LogP contribution in [-0.4, -0.2) is 39.8 Å². The second kappa shape index (κ2) is 8.31. The average Bonchev–Trinajstić information content (AvgIpc) is 2.91. The molecule has 0 amide bonds. The molecule has 6 nitrogen and oxygen atoms in total. The summed E-state index contributed by atoms with van der Waals surface area (Å²) in [6, 6.07) is 7.61. The maximum atomic E-state index is 11.0. The van der Waals surface area contributed by atoms with Gasteiger partial charge in [-0.1, -0.05) is 12.1 Å². The van der Waals surface area contributed by atoms with Gasteiger partial charge in [0.05, 0.1) is 6.26 Å². The molecule has 1 saturated heterocycles. The highest BCUT2D eigenvalue weighted by atomic mass is 32.2. The number of nitrogens with one attached hydrogen (secondary N) is 2. The van der Waals surface area contributed by atoms with Gasteiger partial charge in [-0.3, -0.25) is 9.52 Å². The average molecular weight is 342 g/mol. The summed E-state index contributed by atoms with van der Waals surface area (Å²) < 4.78 is 29.0. The number of ether oxygens (including phenoxy) is 1. The zero-order chi connectivity index (χ0) is 17.5. The second-order valence-electron chi connectivity index (χ2n) is 6.51. The third-order valence-corrected chi connectivity index (χ3v) is 3.75. The number of carbonyl (C=O) groups excluding carboxylic acids is 1. The van der Waals surface area contributed by atoms with E-state index in [0.717, 1.165) is 25.8 Å². The number of carbonyl (C=O) groups is 1. The van der Waals surface area contributed by atoms with Crippen LogP contribution in [0.1, 0.15) is 38.7 Å². The second-order valence-corrected chi connectivity index (χ2v) is 8.26. The molecule has 2 N–H and O–H groups in total. The molecule has 1 aliphatic heterocycles. The van der Waals surface area contributed by atoms with Crippen molar-refractivity contribution in [3.8, 4) is 0 Å². The Balaban J connectivity index is 0.000000322. The van der Waals surface area contributed by atoms with E-state index in [9.17, 15) is 13.2 Å². The Morgan fingerprint density at radius 3 is 2.22 bits per heavy atom. The predicted octanol–water partition coefficient (Wildman–Crippen LogP) is 2.09. The van der Waals surface area contributed by atoms with Crippen LogP contribution in [0.4, 0.5) is 5.69 Å². The Morgan fingerprint density at radius 2 is 1.87 bits per heavy atom. The molecule has 0 aromatic heterocycles. The van der Waals surface area contributed by atoms with Gasteiger partial charge in [-0.2, -0.15) is 0 Å². The lowest BCUT2D eigenvalue weighted by molar-refractivity contribution is -0.138. The van der Waals surface area contributed by atoms with Crippen molar-refractivity contribution in [2.24, 2.45) is 0 Å². The lowest BCUT2D eigenvalue weighted by atomic mass is 9.98. The highest BCUT2D eigenvalue weighted by molar-refractivity contribution is 7.92. The van der Waals surface area contributed by atoms with Crippen molar-refractivity contribution >= 4 is 22.2 Å². The minimum absolute atomic E-state index is 0.318. The van der Waals surface area contributed by atoms with Crippen molar-refractivity contribution in [2.75, 3.05) is 24.1 Å². The first-order valence-electron chi connectivity index (χ1n) is 7.50. The summed E-state index contributed by atoms with van der Waals surface area (Å²) in [7, 11) is -3.17. The van der Waals surface area contributed by atoms with Gasteiger partial charge in [0.15, 0.2) is 0 Å². The van der Waals surface area contributed by atoms with Gasteiger partial charge in [0.1, 0.15) is 5.60 Å². The maximum Gasteiger partial charge on any atom is 0.293 e. The third kappa shape index (κ3) is 8.56. The number of rotatable bonds is 4. The summed E-state index contributed by atoms with van der Waals surface area (Å²) in [5.74, 6) is 0.562. The highest BCUT2D eigenvalue weighted by Crippen LogP contribution is 2.23. The molecule has 0 bridgehead atoms. The van der Waals surface area contributed by atoms with Gasteiger partial charge < -0.3 is 10.1 Å². The first-order chi connectivity index (χ1) is 10.6. The van der Waals surface area contributed by atoms with Crippen LogP contribution in [-0.2, 0) is 19.6 Å². The van der Waals surface area contributed by atoms with E-state index in [2.05, 4.69) is 14.8 Å². The highest BCUT2D eigenvalue weighted by Gasteiger charge is 2.16. The fraction of sp³-hybridized carbons (Fsp3) is 0.562. The van der Waals surface area contributed by atoms with Gasteiger partial charge in [-0.25, -0.2) is 8.42 Å². The molecule has 0 spiro atoms. The third-order valence-electron chi connectivity index (χ3n) is 3.15. The molecule has 130 valence electrons. The Bertz CT molecular complexity index is 586. The molecule has 1 aromatic carbocycles. The number of benzene rings is 1. The summed E-state index contributed by atoms with van der Waals surface area (Å²) in [5.41, 5.74) is 1.57. The zero-order valence-electron chi connectivity index (χ0n) is 14.1. The van der Waals surface area contributed by atoms with Crippen molar-refractivity contribution < 1.29 is 17.9 Å². The minimum Gasteiger partial charge on any atom is -0.462 e. The molecule has 1 atom stereocenters. The van der Waals surface area contributed by atoms with Crippen molar-refractivity contribution in [1.82, 2.24) is 5.32 Å². The molecule has 0 saturated carbocycles. The van der Waals surface area contributed by atoms with Gasteiger partial charge in [0.25, 0.3) is 6.47 Å². The maximum absolute atomic E-state index is 11.0. The van der Waals surface area contributed by atoms with E-state index in [4.69, 9.17) is 0 Å². The van der Waals surface area contributed by atoms with Gasteiger partial charge in [0.2, 0.25) is 10.0 Å². The minimum atomic E-state index is -3.17. The largest absolute Gasteiger partial charge is 0.462 e. The molecule has 23 heavy (non-hydrogen) atoms. The quantitative estimate of drug-likeness (QED) is 0.819. The molecule has 7 heteroatoms. The van der Waals surface area contributed by atoms with E-state index in [0.29, 0.717) is 18.1 Å². The summed E-state index contributed by atoms with van der Waals surface area (Å²) in [6.45, 7) is 8.00. The molecule has 1 aliphatic rings. The Morgan fingerprint density at radius 1 is 1.26 bits per heavy atom. The van der Waals surface area contributed by atoms with Crippen LogP contribution in [0, 0.1) is 0 Å². The standard InChI is InChI=1S/C11H16N2O2S.C5H10O2/c1-16(14,15)13-11-4-2-9(3-5-11)10-6-7-12-8-10;1-5(2,3)7-4-6/h2-5,10,12-13H,6-8H2,1H3;4H,1-3H3.